The van der Waals surface area contributed by atoms with Crippen LogP contribution in [0.2, 0.25) is 0 Å². The number of nitrogens with zero attached hydrogens (tertiary/aromatic N) is 1. The number of nitrogens with one attached hydrogen (secondary N) is 1. The summed E-state index contributed by atoms with van der Waals surface area (Å²) in [5.41, 5.74) is 1.71. The Morgan fingerprint density at radius 2 is 2.00 bits per heavy atom. The quantitative estimate of drug-likeness (QED) is 0.701. The minimum atomic E-state index is -0.769. The number of hydrogen-bond donors (Lipinski definition) is 2. The van der Waals surface area contributed by atoms with Crippen LogP contribution in [0.5, 0.6) is 5.75 Å². The van der Waals surface area contributed by atoms with Crippen LogP contribution in [0.15, 0.2) is 24.3 Å². The lowest BCUT2D eigenvalue weighted by atomic mass is 10.2. The van der Waals surface area contributed by atoms with Crippen LogP contribution < -0.4 is 10.1 Å². The van der Waals surface area contributed by atoms with E-state index in [1.165, 1.54) is 11.3 Å². The summed E-state index contributed by atoms with van der Waals surface area (Å²) in [5, 5.41) is 13.7. The van der Waals surface area contributed by atoms with E-state index in [1.807, 2.05) is 45.0 Å². The molecule has 0 aliphatic heterocycles. The molecule has 1 aromatic carbocycles. The van der Waals surface area contributed by atoms with Crippen LogP contribution in [0.4, 0.5) is 0 Å². The van der Waals surface area contributed by atoms with Gasteiger partial charge in [-0.15, -0.1) is 11.3 Å². The van der Waals surface area contributed by atoms with E-state index in [4.69, 9.17) is 9.47 Å². The fourth-order valence-electron chi connectivity index (χ4n) is 2.26. The Kier molecular flexibility index (Phi) is 7.56. The van der Waals surface area contributed by atoms with Crippen molar-refractivity contribution in [1.82, 2.24) is 10.3 Å². The maximum atomic E-state index is 12.3. The average molecular weight is 378 g/mol. The molecule has 7 heteroatoms. The van der Waals surface area contributed by atoms with Gasteiger partial charge in [-0.3, -0.25) is 4.79 Å². The van der Waals surface area contributed by atoms with Gasteiger partial charge in [0.1, 0.15) is 10.6 Å². The Hall–Kier alpha value is -1.96. The average Bonchev–Trinajstić information content (AvgIpc) is 3.02. The van der Waals surface area contributed by atoms with Crippen molar-refractivity contribution in [1.29, 1.82) is 0 Å². The van der Waals surface area contributed by atoms with Crippen LogP contribution in [-0.2, 0) is 11.3 Å². The number of methoxy groups -OCH3 is 1. The van der Waals surface area contributed by atoms with Crippen molar-refractivity contribution >= 4 is 17.2 Å². The summed E-state index contributed by atoms with van der Waals surface area (Å²) in [6, 6.07) is 7.54. The number of aliphatic hydroxyl groups excluding tert-OH is 1. The Morgan fingerprint density at radius 3 is 2.58 bits per heavy atom. The molecule has 0 aliphatic rings. The SMILES string of the molecule is COc1ccc(COCC(O)CNC(=O)c2sc(C(C)C)nc2C)cc1. The third-order valence-corrected chi connectivity index (χ3v) is 5.21. The van der Waals surface area contributed by atoms with Crippen molar-refractivity contribution in [2.75, 3.05) is 20.3 Å². The Labute approximate surface area is 158 Å². The maximum absolute atomic E-state index is 12.3. The van der Waals surface area contributed by atoms with Gasteiger partial charge in [0.2, 0.25) is 0 Å². The summed E-state index contributed by atoms with van der Waals surface area (Å²) >= 11 is 1.40. The zero-order chi connectivity index (χ0) is 19.1. The summed E-state index contributed by atoms with van der Waals surface area (Å²) in [5.74, 6) is 0.869. The van der Waals surface area contributed by atoms with Crippen LogP contribution >= 0.6 is 11.3 Å². The molecule has 0 radical (unpaired) electrons. The molecular weight excluding hydrogens is 352 g/mol. The number of hydrogen-bond acceptors (Lipinski definition) is 6. The van der Waals surface area contributed by atoms with Gasteiger partial charge in [-0.05, 0) is 24.6 Å². The highest BCUT2D eigenvalue weighted by atomic mass is 32.1. The molecule has 0 saturated heterocycles. The standard InChI is InChI=1S/C19H26N2O4S/c1-12(2)19-21-13(3)17(26-19)18(23)20-9-15(22)11-25-10-14-5-7-16(24-4)8-6-14/h5-8,12,15,22H,9-11H2,1-4H3,(H,20,23). The van der Waals surface area contributed by atoms with Gasteiger partial charge in [-0.25, -0.2) is 4.98 Å². The number of thiazole rings is 1. The first-order valence-electron chi connectivity index (χ1n) is 8.55. The molecule has 0 aliphatic carbocycles. The number of rotatable bonds is 9. The van der Waals surface area contributed by atoms with Gasteiger partial charge in [0, 0.05) is 12.5 Å². The molecular formula is C19H26N2O4S. The molecule has 2 N–H and O–H groups in total. The van der Waals surface area contributed by atoms with Crippen LogP contribution in [-0.4, -0.2) is 42.4 Å². The van der Waals surface area contributed by atoms with Crippen LogP contribution in [0, 0.1) is 6.92 Å². The summed E-state index contributed by atoms with van der Waals surface area (Å²) in [7, 11) is 1.62. The van der Waals surface area contributed by atoms with E-state index >= 15 is 0 Å². The van der Waals surface area contributed by atoms with Crippen LogP contribution in [0.3, 0.4) is 0 Å². The van der Waals surface area contributed by atoms with Gasteiger partial charge in [0.05, 0.1) is 37.1 Å². The second-order valence-electron chi connectivity index (χ2n) is 6.35. The number of aliphatic hydroxyl groups is 1. The molecule has 0 spiro atoms. The zero-order valence-corrected chi connectivity index (χ0v) is 16.4. The molecule has 1 atom stereocenters. The van der Waals surface area contributed by atoms with Gasteiger partial charge in [0.25, 0.3) is 5.91 Å². The second kappa shape index (κ2) is 9.66. The molecule has 0 bridgehead atoms. The van der Waals surface area contributed by atoms with E-state index in [0.717, 1.165) is 22.0 Å². The van der Waals surface area contributed by atoms with Gasteiger partial charge >= 0.3 is 0 Å². The number of benzene rings is 1. The van der Waals surface area contributed by atoms with E-state index in [0.29, 0.717) is 11.5 Å². The molecule has 1 heterocycles. The molecule has 6 nitrogen and oxygen atoms in total. The van der Waals surface area contributed by atoms with Crippen LogP contribution in [0.25, 0.3) is 0 Å². The van der Waals surface area contributed by atoms with Gasteiger partial charge in [0.15, 0.2) is 0 Å². The fourth-order valence-corrected chi connectivity index (χ4v) is 3.24. The molecule has 142 valence electrons. The minimum absolute atomic E-state index is 0.135. The Balaban J connectivity index is 1.74. The summed E-state index contributed by atoms with van der Waals surface area (Å²) in [6.07, 6.45) is -0.769. The number of amides is 1. The van der Waals surface area contributed by atoms with Crippen molar-refractivity contribution < 1.29 is 19.4 Å². The predicted octanol–water partition coefficient (Wildman–Crippen LogP) is 2.89. The first kappa shape index (κ1) is 20.4. The van der Waals surface area contributed by atoms with E-state index in [1.54, 1.807) is 7.11 Å². The lowest BCUT2D eigenvalue weighted by Gasteiger charge is -2.12. The monoisotopic (exact) mass is 378 g/mol. The molecule has 1 aromatic heterocycles. The lowest BCUT2D eigenvalue weighted by Crippen LogP contribution is -2.34. The summed E-state index contributed by atoms with van der Waals surface area (Å²) < 4.78 is 10.6. The smallest absolute Gasteiger partial charge is 0.263 e. The molecule has 1 unspecified atom stereocenters. The summed E-state index contributed by atoms with van der Waals surface area (Å²) in [4.78, 5) is 17.3. The van der Waals surface area contributed by atoms with E-state index in [-0.39, 0.29) is 25.0 Å². The highest BCUT2D eigenvalue weighted by molar-refractivity contribution is 7.13. The van der Waals surface area contributed by atoms with Crippen molar-refractivity contribution in [3.8, 4) is 5.75 Å². The number of aryl methyl sites for hydroxylation is 1. The molecule has 1 amide bonds. The van der Waals surface area contributed by atoms with E-state index in [9.17, 15) is 9.90 Å². The molecule has 2 rings (SSSR count). The van der Waals surface area contributed by atoms with Crippen molar-refractivity contribution in [2.24, 2.45) is 0 Å². The first-order valence-corrected chi connectivity index (χ1v) is 9.36. The number of carbonyl (C=O) groups excluding carboxylic acids is 1. The largest absolute Gasteiger partial charge is 0.497 e. The Morgan fingerprint density at radius 1 is 1.31 bits per heavy atom. The molecule has 26 heavy (non-hydrogen) atoms. The lowest BCUT2D eigenvalue weighted by molar-refractivity contribution is 0.0285. The highest BCUT2D eigenvalue weighted by Gasteiger charge is 2.17. The number of carbonyl (C=O) groups is 1. The first-order chi connectivity index (χ1) is 12.4. The van der Waals surface area contributed by atoms with Crippen LogP contribution in [0.1, 0.15) is 45.7 Å². The summed E-state index contributed by atoms with van der Waals surface area (Å²) in [6.45, 7) is 6.58. The van der Waals surface area contributed by atoms with Crippen molar-refractivity contribution in [3.05, 3.63) is 45.4 Å². The second-order valence-corrected chi connectivity index (χ2v) is 7.38. The van der Waals surface area contributed by atoms with E-state index in [2.05, 4.69) is 10.3 Å². The third kappa shape index (κ3) is 5.79. The maximum Gasteiger partial charge on any atom is 0.263 e. The van der Waals surface area contributed by atoms with Gasteiger partial charge < -0.3 is 19.9 Å². The van der Waals surface area contributed by atoms with Gasteiger partial charge in [-0.2, -0.15) is 0 Å². The molecule has 2 aromatic rings. The fraction of sp³-hybridized carbons (Fsp3) is 0.474. The molecule has 0 fully saturated rings. The normalized spacial score (nSPS) is 12.2. The third-order valence-electron chi connectivity index (χ3n) is 3.75. The predicted molar refractivity (Wildman–Crippen MR) is 102 cm³/mol. The van der Waals surface area contributed by atoms with Crippen molar-refractivity contribution in [3.63, 3.8) is 0 Å². The molecule has 0 saturated carbocycles. The number of ether oxygens (including phenoxy) is 2. The highest BCUT2D eigenvalue weighted by Crippen LogP contribution is 2.24. The Bertz CT molecular complexity index is 713. The van der Waals surface area contributed by atoms with Crippen molar-refractivity contribution in [2.45, 2.75) is 39.4 Å². The van der Waals surface area contributed by atoms with E-state index < -0.39 is 6.10 Å². The van der Waals surface area contributed by atoms with Gasteiger partial charge in [-0.1, -0.05) is 26.0 Å². The topological polar surface area (TPSA) is 80.7 Å². The number of aromatic nitrogens is 1. The zero-order valence-electron chi connectivity index (χ0n) is 15.6. The minimum Gasteiger partial charge on any atom is -0.497 e.